The highest BCUT2D eigenvalue weighted by atomic mass is 35.5. The second-order valence-corrected chi connectivity index (χ2v) is 19.7. The smallest absolute Gasteiger partial charge is 0.331 e. The lowest BCUT2D eigenvalue weighted by molar-refractivity contribution is -0.147. The molecule has 0 saturated heterocycles. The fourth-order valence-corrected chi connectivity index (χ4v) is 13.3. The molecule has 0 unspecified atom stereocenters. The van der Waals surface area contributed by atoms with Crippen molar-refractivity contribution in [1.29, 1.82) is 0 Å². The van der Waals surface area contributed by atoms with Crippen molar-refractivity contribution in [3.05, 3.63) is 131 Å². The zero-order valence-electron chi connectivity index (χ0n) is 29.2. The zero-order chi connectivity index (χ0) is 34.9. The normalized spacial score (nSPS) is 21.2. The lowest BCUT2D eigenvalue weighted by Crippen LogP contribution is -2.66. The molecule has 0 aromatic heterocycles. The van der Waals surface area contributed by atoms with Crippen LogP contribution in [0.2, 0.25) is 10.1 Å². The minimum absolute atomic E-state index is 0.117. The van der Waals surface area contributed by atoms with Crippen molar-refractivity contribution < 1.29 is 18.3 Å². The van der Waals surface area contributed by atoms with Gasteiger partial charge in [-0.05, 0) is 94.9 Å². The third-order valence-corrected chi connectivity index (χ3v) is 16.0. The number of methoxy groups -OCH3 is 1. The Morgan fingerprint density at radius 2 is 1.53 bits per heavy atom. The summed E-state index contributed by atoms with van der Waals surface area (Å²) in [7, 11) is -1.26. The number of esters is 1. The number of allylic oxidation sites excluding steroid dienone is 1. The Bertz CT molecular complexity index is 1770. The van der Waals surface area contributed by atoms with E-state index in [1.54, 1.807) is 12.1 Å². The quantitative estimate of drug-likeness (QED) is 0.133. The van der Waals surface area contributed by atoms with Crippen LogP contribution in [0, 0.1) is 11.7 Å². The van der Waals surface area contributed by atoms with E-state index in [9.17, 15) is 9.18 Å². The molecule has 0 heterocycles. The van der Waals surface area contributed by atoms with E-state index in [0.29, 0.717) is 24.5 Å². The van der Waals surface area contributed by atoms with Crippen molar-refractivity contribution in [2.75, 3.05) is 19.0 Å². The van der Waals surface area contributed by atoms with Crippen molar-refractivity contribution in [3.8, 4) is 0 Å². The number of hydrogen-bond acceptors (Lipinski definition) is 4. The molecule has 4 aromatic rings. The van der Waals surface area contributed by atoms with E-state index < -0.39 is 13.9 Å². The Morgan fingerprint density at radius 3 is 2.10 bits per heavy atom. The highest BCUT2D eigenvalue weighted by molar-refractivity contribution is 6.99. The van der Waals surface area contributed by atoms with Crippen LogP contribution in [0.3, 0.4) is 0 Å². The van der Waals surface area contributed by atoms with E-state index in [0.717, 1.165) is 36.1 Å². The van der Waals surface area contributed by atoms with Crippen LogP contribution < -0.4 is 15.7 Å². The Labute approximate surface area is 296 Å². The molecule has 0 amide bonds. The summed E-state index contributed by atoms with van der Waals surface area (Å²) < 4.78 is 27.3. The first-order valence-electron chi connectivity index (χ1n) is 17.3. The average molecular weight is 696 g/mol. The molecule has 49 heavy (non-hydrogen) atoms. The summed E-state index contributed by atoms with van der Waals surface area (Å²) in [5.74, 6) is -0.324. The van der Waals surface area contributed by atoms with Crippen LogP contribution in [0.4, 0.5) is 10.1 Å². The summed E-state index contributed by atoms with van der Waals surface area (Å²) in [5.41, 5.74) is 2.95. The number of rotatable bonds is 10. The first kappa shape index (κ1) is 35.1. The SMILES string of the molecule is COC(=O)C1(Nc2cccc(Cl)c2)CCC2(CC1)C(C[C@@H](C)CO[Si](c1ccccc1)(c1ccccc1)C(C)(C)C)=Cc1cc(F)ccc12. The summed E-state index contributed by atoms with van der Waals surface area (Å²) in [6, 6.07) is 34.1. The number of carbonyl (C=O) groups is 1. The highest BCUT2D eigenvalue weighted by Crippen LogP contribution is 2.55. The van der Waals surface area contributed by atoms with Crippen LogP contribution >= 0.6 is 11.6 Å². The van der Waals surface area contributed by atoms with Crippen molar-refractivity contribution in [2.45, 2.75) is 75.8 Å². The lowest BCUT2D eigenvalue weighted by atomic mass is 9.61. The second-order valence-electron chi connectivity index (χ2n) is 15.0. The maximum absolute atomic E-state index is 14.6. The van der Waals surface area contributed by atoms with E-state index in [1.807, 2.05) is 30.3 Å². The number of halogens is 2. The van der Waals surface area contributed by atoms with Crippen LogP contribution in [0.5, 0.6) is 0 Å². The molecule has 7 heteroatoms. The Morgan fingerprint density at radius 1 is 0.898 bits per heavy atom. The second kappa shape index (κ2) is 13.9. The van der Waals surface area contributed by atoms with Gasteiger partial charge in [-0.2, -0.15) is 0 Å². The summed E-state index contributed by atoms with van der Waals surface area (Å²) in [6.45, 7) is 9.76. The maximum atomic E-state index is 14.6. The van der Waals surface area contributed by atoms with E-state index in [4.69, 9.17) is 20.8 Å². The van der Waals surface area contributed by atoms with E-state index in [2.05, 4.69) is 99.8 Å². The Balaban J connectivity index is 1.29. The highest BCUT2D eigenvalue weighted by Gasteiger charge is 2.53. The molecule has 0 bridgehead atoms. The van der Waals surface area contributed by atoms with Gasteiger partial charge in [0, 0.05) is 22.7 Å². The van der Waals surface area contributed by atoms with Gasteiger partial charge >= 0.3 is 5.97 Å². The zero-order valence-corrected chi connectivity index (χ0v) is 30.9. The molecular formula is C42H47ClFNO3Si. The van der Waals surface area contributed by atoms with Gasteiger partial charge in [0.1, 0.15) is 11.4 Å². The molecule has 1 spiro atoms. The fourth-order valence-electron chi connectivity index (χ4n) is 8.42. The van der Waals surface area contributed by atoms with E-state index >= 15 is 0 Å². The third-order valence-electron chi connectivity index (χ3n) is 10.8. The molecular weight excluding hydrogens is 649 g/mol. The van der Waals surface area contributed by atoms with Crippen molar-refractivity contribution in [2.24, 2.45) is 5.92 Å². The molecule has 256 valence electrons. The standard InChI is InChI=1S/C42H47ClFNO3Si/c1-30(29-48-49(40(2,3)4,36-15-8-6-9-16-36)37-17-10-7-11-18-37)25-32-26-31-27-34(44)19-20-38(31)41(32)21-23-42(24-22-41,39(46)47-5)45-35-14-12-13-33(43)28-35/h6-20,26-28,30,45H,21-25,29H2,1-5H3/t30-,41?,42?/m1/s1. The largest absolute Gasteiger partial charge is 0.467 e. The minimum Gasteiger partial charge on any atom is -0.467 e. The summed E-state index contributed by atoms with van der Waals surface area (Å²) in [6.07, 6.45) is 5.58. The van der Waals surface area contributed by atoms with Gasteiger partial charge < -0.3 is 14.5 Å². The van der Waals surface area contributed by atoms with Gasteiger partial charge in [0.2, 0.25) is 0 Å². The van der Waals surface area contributed by atoms with Crippen LogP contribution in [0.25, 0.3) is 6.08 Å². The Kier molecular flexibility index (Phi) is 9.96. The van der Waals surface area contributed by atoms with Crippen LogP contribution in [0.15, 0.2) is 109 Å². The summed E-state index contributed by atoms with van der Waals surface area (Å²) >= 11 is 6.30. The number of hydrogen-bond donors (Lipinski definition) is 1. The van der Waals surface area contributed by atoms with Gasteiger partial charge in [0.25, 0.3) is 8.32 Å². The van der Waals surface area contributed by atoms with Crippen LogP contribution in [0.1, 0.15) is 70.9 Å². The van der Waals surface area contributed by atoms with Crippen LogP contribution in [-0.2, 0) is 19.4 Å². The molecule has 0 radical (unpaired) electrons. The molecule has 4 nitrogen and oxygen atoms in total. The van der Waals surface area contributed by atoms with Gasteiger partial charge in [-0.15, -0.1) is 0 Å². The Hall–Kier alpha value is -3.71. The van der Waals surface area contributed by atoms with Gasteiger partial charge in [0.05, 0.1) is 7.11 Å². The monoisotopic (exact) mass is 695 g/mol. The van der Waals surface area contributed by atoms with Gasteiger partial charge in [-0.1, -0.05) is 124 Å². The molecule has 1 N–H and O–H groups in total. The summed E-state index contributed by atoms with van der Waals surface area (Å²) in [5, 5.41) is 6.52. The molecule has 1 fully saturated rings. The van der Waals surface area contributed by atoms with Gasteiger partial charge in [-0.25, -0.2) is 9.18 Å². The topological polar surface area (TPSA) is 47.6 Å². The van der Waals surface area contributed by atoms with Gasteiger partial charge in [-0.3, -0.25) is 0 Å². The lowest BCUT2D eigenvalue weighted by Gasteiger charge is -2.46. The van der Waals surface area contributed by atoms with E-state index in [-0.39, 0.29) is 28.2 Å². The first-order valence-corrected chi connectivity index (χ1v) is 19.6. The molecule has 4 aromatic carbocycles. The molecule has 6 rings (SSSR count). The molecule has 2 aliphatic rings. The third kappa shape index (κ3) is 6.63. The molecule has 2 aliphatic carbocycles. The minimum atomic E-state index is -2.70. The van der Waals surface area contributed by atoms with Crippen molar-refractivity contribution in [3.63, 3.8) is 0 Å². The van der Waals surface area contributed by atoms with Crippen LogP contribution in [-0.4, -0.2) is 33.5 Å². The van der Waals surface area contributed by atoms with Gasteiger partial charge in [0.15, 0.2) is 0 Å². The fraction of sp³-hybridized carbons (Fsp3) is 0.357. The predicted molar refractivity (Wildman–Crippen MR) is 202 cm³/mol. The number of fused-ring (bicyclic) bond motifs is 2. The molecule has 1 saturated carbocycles. The number of carbonyl (C=O) groups excluding carboxylic acids is 1. The number of benzene rings is 4. The maximum Gasteiger partial charge on any atom is 0.331 e. The van der Waals surface area contributed by atoms with E-state index in [1.165, 1.54) is 23.1 Å². The van der Waals surface area contributed by atoms with Crippen molar-refractivity contribution >= 4 is 48.0 Å². The average Bonchev–Trinajstić information content (AvgIpc) is 3.37. The molecule has 0 aliphatic heterocycles. The number of anilines is 1. The first-order chi connectivity index (χ1) is 23.4. The van der Waals surface area contributed by atoms with Crippen molar-refractivity contribution in [1.82, 2.24) is 0 Å². The predicted octanol–water partition coefficient (Wildman–Crippen LogP) is 9.31. The molecule has 1 atom stereocenters. The number of nitrogens with one attached hydrogen (secondary N) is 1. The number of ether oxygens (including phenoxy) is 1. The summed E-state index contributed by atoms with van der Waals surface area (Å²) in [4.78, 5) is 13.4.